The van der Waals surface area contributed by atoms with Crippen LogP contribution in [0.5, 0.6) is 0 Å². The van der Waals surface area contributed by atoms with Crippen LogP contribution in [0.3, 0.4) is 0 Å². The Kier molecular flexibility index (Phi) is 4.72. The third-order valence-electron chi connectivity index (χ3n) is 4.81. The SMILES string of the molecule is O=C(Nc1ccc(Cl)c(-c2nnc3n2CCCCC3)c1)C1CCCO1. The first-order chi connectivity index (χ1) is 12.2. The number of nitrogens with zero attached hydrogens (tertiary/aromatic N) is 3. The molecule has 1 fully saturated rings. The molecule has 25 heavy (non-hydrogen) atoms. The van der Waals surface area contributed by atoms with Crippen LogP contribution < -0.4 is 5.32 Å². The van der Waals surface area contributed by atoms with E-state index in [1.165, 1.54) is 6.42 Å². The van der Waals surface area contributed by atoms with Crippen molar-refractivity contribution >= 4 is 23.2 Å². The predicted octanol–water partition coefficient (Wildman–Crippen LogP) is 3.44. The van der Waals surface area contributed by atoms with E-state index >= 15 is 0 Å². The zero-order valence-corrected chi connectivity index (χ0v) is 14.8. The Morgan fingerprint density at radius 3 is 3.00 bits per heavy atom. The van der Waals surface area contributed by atoms with Gasteiger partial charge in [-0.1, -0.05) is 18.0 Å². The summed E-state index contributed by atoms with van der Waals surface area (Å²) >= 11 is 6.42. The first-order valence-corrected chi connectivity index (χ1v) is 9.24. The molecule has 1 N–H and O–H groups in total. The number of anilines is 1. The minimum atomic E-state index is -0.358. The lowest BCUT2D eigenvalue weighted by molar-refractivity contribution is -0.124. The highest BCUT2D eigenvalue weighted by Crippen LogP contribution is 2.31. The molecule has 6 nitrogen and oxygen atoms in total. The van der Waals surface area contributed by atoms with Crippen molar-refractivity contribution in [3.8, 4) is 11.4 Å². The number of amides is 1. The lowest BCUT2D eigenvalue weighted by Crippen LogP contribution is -2.26. The average Bonchev–Trinajstić information content (AvgIpc) is 3.22. The molecule has 132 valence electrons. The lowest BCUT2D eigenvalue weighted by atomic mass is 10.1. The highest BCUT2D eigenvalue weighted by molar-refractivity contribution is 6.33. The van der Waals surface area contributed by atoms with E-state index in [0.717, 1.165) is 55.9 Å². The van der Waals surface area contributed by atoms with Crippen LogP contribution in [0, 0.1) is 0 Å². The number of carbonyl (C=O) groups is 1. The van der Waals surface area contributed by atoms with Crippen LogP contribution in [0.1, 0.15) is 37.9 Å². The maximum absolute atomic E-state index is 12.3. The smallest absolute Gasteiger partial charge is 0.253 e. The molecule has 1 aromatic carbocycles. The van der Waals surface area contributed by atoms with Crippen LogP contribution >= 0.6 is 11.6 Å². The number of benzene rings is 1. The maximum atomic E-state index is 12.3. The third-order valence-corrected chi connectivity index (χ3v) is 5.14. The highest BCUT2D eigenvalue weighted by atomic mass is 35.5. The minimum Gasteiger partial charge on any atom is -0.368 e. The summed E-state index contributed by atoms with van der Waals surface area (Å²) in [4.78, 5) is 12.3. The van der Waals surface area contributed by atoms with E-state index in [-0.39, 0.29) is 12.0 Å². The van der Waals surface area contributed by atoms with Crippen molar-refractivity contribution in [2.75, 3.05) is 11.9 Å². The molecule has 1 aromatic heterocycles. The molecule has 2 aromatic rings. The topological polar surface area (TPSA) is 69.0 Å². The van der Waals surface area contributed by atoms with Crippen molar-refractivity contribution in [2.24, 2.45) is 0 Å². The Labute approximate surface area is 151 Å². The summed E-state index contributed by atoms with van der Waals surface area (Å²) in [5.74, 6) is 1.68. The standard InChI is InChI=1S/C18H21ClN4O2/c19-14-8-7-12(20-18(24)15-5-4-10-25-15)11-13(14)17-22-21-16-6-2-1-3-9-23(16)17/h7-8,11,15H,1-6,9-10H2,(H,20,24). The van der Waals surface area contributed by atoms with E-state index in [1.807, 2.05) is 6.07 Å². The maximum Gasteiger partial charge on any atom is 0.253 e. The molecule has 7 heteroatoms. The van der Waals surface area contributed by atoms with Crippen molar-refractivity contribution in [3.63, 3.8) is 0 Å². The number of halogens is 1. The molecule has 1 atom stereocenters. The van der Waals surface area contributed by atoms with Crippen LogP contribution in [0.4, 0.5) is 5.69 Å². The van der Waals surface area contributed by atoms with E-state index in [4.69, 9.17) is 16.3 Å². The second-order valence-corrected chi connectivity index (χ2v) is 6.99. The summed E-state index contributed by atoms with van der Waals surface area (Å²) < 4.78 is 7.59. The van der Waals surface area contributed by atoms with E-state index in [2.05, 4.69) is 20.1 Å². The number of ether oxygens (including phenoxy) is 1. The molecule has 0 spiro atoms. The van der Waals surface area contributed by atoms with Crippen LogP contribution in [0.25, 0.3) is 11.4 Å². The number of aromatic nitrogens is 3. The summed E-state index contributed by atoms with van der Waals surface area (Å²) in [5.41, 5.74) is 1.50. The van der Waals surface area contributed by atoms with Gasteiger partial charge >= 0.3 is 0 Å². The predicted molar refractivity (Wildman–Crippen MR) is 95.6 cm³/mol. The van der Waals surface area contributed by atoms with Gasteiger partial charge in [0.2, 0.25) is 0 Å². The van der Waals surface area contributed by atoms with Gasteiger partial charge in [-0.2, -0.15) is 0 Å². The molecular formula is C18H21ClN4O2. The Bertz CT molecular complexity index is 783. The minimum absolute atomic E-state index is 0.106. The van der Waals surface area contributed by atoms with Gasteiger partial charge < -0.3 is 14.6 Å². The summed E-state index contributed by atoms with van der Waals surface area (Å²) in [7, 11) is 0. The molecule has 2 aliphatic heterocycles. The zero-order valence-electron chi connectivity index (χ0n) is 14.0. The van der Waals surface area contributed by atoms with E-state index in [1.54, 1.807) is 12.1 Å². The van der Waals surface area contributed by atoms with Crippen LogP contribution in [0.15, 0.2) is 18.2 Å². The first kappa shape index (κ1) is 16.5. The Hall–Kier alpha value is -1.92. The fraction of sp³-hybridized carbons (Fsp3) is 0.500. The number of hydrogen-bond acceptors (Lipinski definition) is 4. The Balaban J connectivity index is 1.62. The van der Waals surface area contributed by atoms with Gasteiger partial charge in [-0.05, 0) is 43.9 Å². The van der Waals surface area contributed by atoms with Crippen molar-refractivity contribution < 1.29 is 9.53 Å². The van der Waals surface area contributed by atoms with E-state index < -0.39 is 0 Å². The molecule has 0 radical (unpaired) electrons. The molecule has 1 unspecified atom stereocenters. The molecule has 1 amide bonds. The molecule has 4 rings (SSSR count). The number of carbonyl (C=O) groups excluding carboxylic acids is 1. The molecule has 0 saturated carbocycles. The van der Waals surface area contributed by atoms with Gasteiger partial charge in [-0.25, -0.2) is 0 Å². The average molecular weight is 361 g/mol. The second-order valence-electron chi connectivity index (χ2n) is 6.59. The van der Waals surface area contributed by atoms with Gasteiger partial charge in [-0.15, -0.1) is 10.2 Å². The number of hydrogen-bond donors (Lipinski definition) is 1. The monoisotopic (exact) mass is 360 g/mol. The number of aryl methyl sites for hydroxylation is 1. The Morgan fingerprint density at radius 1 is 1.24 bits per heavy atom. The highest BCUT2D eigenvalue weighted by Gasteiger charge is 2.24. The van der Waals surface area contributed by atoms with Gasteiger partial charge in [0.1, 0.15) is 11.9 Å². The lowest BCUT2D eigenvalue weighted by Gasteiger charge is -2.13. The largest absolute Gasteiger partial charge is 0.368 e. The van der Waals surface area contributed by atoms with E-state index in [9.17, 15) is 4.79 Å². The number of fused-ring (bicyclic) bond motifs is 1. The molecule has 3 heterocycles. The summed E-state index contributed by atoms with van der Waals surface area (Å²) in [5, 5.41) is 12.2. The zero-order chi connectivity index (χ0) is 17.2. The molecule has 1 saturated heterocycles. The first-order valence-electron chi connectivity index (χ1n) is 8.87. The van der Waals surface area contributed by atoms with Gasteiger partial charge in [0.05, 0.1) is 5.02 Å². The van der Waals surface area contributed by atoms with Crippen molar-refractivity contribution in [2.45, 2.75) is 51.2 Å². The van der Waals surface area contributed by atoms with Crippen molar-refractivity contribution in [1.29, 1.82) is 0 Å². The van der Waals surface area contributed by atoms with Gasteiger partial charge in [-0.3, -0.25) is 4.79 Å². The number of nitrogens with one attached hydrogen (secondary N) is 1. The van der Waals surface area contributed by atoms with Crippen LogP contribution in [-0.2, 0) is 22.5 Å². The fourth-order valence-corrected chi connectivity index (χ4v) is 3.67. The summed E-state index contributed by atoms with van der Waals surface area (Å²) in [6, 6.07) is 5.47. The summed E-state index contributed by atoms with van der Waals surface area (Å²) in [6.45, 7) is 1.55. The second kappa shape index (κ2) is 7.14. The molecule has 0 bridgehead atoms. The van der Waals surface area contributed by atoms with Crippen molar-refractivity contribution in [3.05, 3.63) is 29.0 Å². The number of rotatable bonds is 3. The molecule has 0 aliphatic carbocycles. The fourth-order valence-electron chi connectivity index (χ4n) is 3.47. The normalized spacial score (nSPS) is 20.1. The third kappa shape index (κ3) is 3.41. The van der Waals surface area contributed by atoms with Gasteiger partial charge in [0.15, 0.2) is 5.82 Å². The Morgan fingerprint density at radius 2 is 2.16 bits per heavy atom. The van der Waals surface area contributed by atoms with Gasteiger partial charge in [0, 0.05) is 30.8 Å². The van der Waals surface area contributed by atoms with E-state index in [0.29, 0.717) is 17.3 Å². The molecule has 2 aliphatic rings. The van der Waals surface area contributed by atoms with Crippen LogP contribution in [0.2, 0.25) is 5.02 Å². The molecular weight excluding hydrogens is 340 g/mol. The van der Waals surface area contributed by atoms with Crippen LogP contribution in [-0.4, -0.2) is 33.4 Å². The quantitative estimate of drug-likeness (QED) is 0.910. The van der Waals surface area contributed by atoms with Crippen molar-refractivity contribution in [1.82, 2.24) is 14.8 Å². The van der Waals surface area contributed by atoms with Gasteiger partial charge in [0.25, 0.3) is 5.91 Å². The summed E-state index contributed by atoms with van der Waals surface area (Å²) in [6.07, 6.45) is 5.74.